The monoisotopic (exact) mass is 268 g/mol. The Bertz CT molecular complexity index is 578. The zero-order valence-corrected chi connectivity index (χ0v) is 10.2. The summed E-state index contributed by atoms with van der Waals surface area (Å²) < 4.78 is 25.3. The lowest BCUT2D eigenvalue weighted by atomic mass is 10.2. The molecule has 0 bridgehead atoms. The van der Waals surface area contributed by atoms with Crippen LogP contribution in [0.3, 0.4) is 0 Å². The normalized spacial score (nSPS) is 10.7. The SMILES string of the molecule is C=C(CC(N)=O)C(=O)NS(=O)(=O)c1ccccc1. The first-order valence-corrected chi connectivity index (χ1v) is 6.39. The van der Waals surface area contributed by atoms with E-state index in [0.29, 0.717) is 0 Å². The number of sulfonamides is 1. The number of hydrogen-bond acceptors (Lipinski definition) is 4. The minimum Gasteiger partial charge on any atom is -0.369 e. The molecule has 1 aromatic rings. The Hall–Kier alpha value is -2.15. The first kappa shape index (κ1) is 13.9. The van der Waals surface area contributed by atoms with Crippen molar-refractivity contribution in [2.45, 2.75) is 11.3 Å². The third-order valence-corrected chi connectivity index (χ3v) is 3.34. The molecule has 0 aliphatic carbocycles. The minimum absolute atomic E-state index is 0.0507. The van der Waals surface area contributed by atoms with Crippen molar-refractivity contribution >= 4 is 21.8 Å². The zero-order chi connectivity index (χ0) is 13.8. The molecule has 3 N–H and O–H groups in total. The van der Waals surface area contributed by atoms with Gasteiger partial charge in [-0.1, -0.05) is 24.8 Å². The summed E-state index contributed by atoms with van der Waals surface area (Å²) >= 11 is 0. The van der Waals surface area contributed by atoms with Crippen LogP contribution < -0.4 is 10.5 Å². The summed E-state index contributed by atoms with van der Waals surface area (Å²) in [7, 11) is -3.95. The van der Waals surface area contributed by atoms with Crippen molar-refractivity contribution in [2.24, 2.45) is 5.73 Å². The van der Waals surface area contributed by atoms with Crippen molar-refractivity contribution < 1.29 is 18.0 Å². The molecule has 1 rings (SSSR count). The number of primary amides is 1. The van der Waals surface area contributed by atoms with Gasteiger partial charge in [-0.05, 0) is 12.1 Å². The van der Waals surface area contributed by atoms with Gasteiger partial charge in [-0.25, -0.2) is 13.1 Å². The summed E-state index contributed by atoms with van der Waals surface area (Å²) in [5.74, 6) is -1.70. The van der Waals surface area contributed by atoms with Crippen molar-refractivity contribution in [3.8, 4) is 0 Å². The largest absolute Gasteiger partial charge is 0.369 e. The highest BCUT2D eigenvalue weighted by Gasteiger charge is 2.19. The average Bonchev–Trinajstić information content (AvgIpc) is 2.28. The van der Waals surface area contributed by atoms with E-state index in [9.17, 15) is 18.0 Å². The number of amides is 2. The zero-order valence-electron chi connectivity index (χ0n) is 9.42. The van der Waals surface area contributed by atoms with Gasteiger partial charge in [-0.3, -0.25) is 9.59 Å². The lowest BCUT2D eigenvalue weighted by molar-refractivity contribution is -0.120. The first-order chi connectivity index (χ1) is 8.33. The second kappa shape index (κ2) is 5.46. The fourth-order valence-electron chi connectivity index (χ4n) is 1.14. The third-order valence-electron chi connectivity index (χ3n) is 1.99. The molecule has 0 fully saturated rings. The van der Waals surface area contributed by atoms with Gasteiger partial charge in [-0.15, -0.1) is 0 Å². The van der Waals surface area contributed by atoms with Crippen LogP contribution in [-0.2, 0) is 19.6 Å². The smallest absolute Gasteiger partial charge is 0.264 e. The van der Waals surface area contributed by atoms with E-state index >= 15 is 0 Å². The van der Waals surface area contributed by atoms with Crippen LogP contribution in [0.15, 0.2) is 47.4 Å². The summed E-state index contributed by atoms with van der Waals surface area (Å²) in [6.45, 7) is 3.30. The Labute approximate surface area is 105 Å². The molecule has 0 heterocycles. The molecular weight excluding hydrogens is 256 g/mol. The summed E-state index contributed by atoms with van der Waals surface area (Å²) in [5.41, 5.74) is 4.67. The van der Waals surface area contributed by atoms with Crippen molar-refractivity contribution in [3.63, 3.8) is 0 Å². The van der Waals surface area contributed by atoms with E-state index < -0.39 is 28.3 Å². The molecule has 0 saturated carbocycles. The van der Waals surface area contributed by atoms with E-state index in [0.717, 1.165) is 0 Å². The van der Waals surface area contributed by atoms with Crippen molar-refractivity contribution in [2.75, 3.05) is 0 Å². The maximum absolute atomic E-state index is 11.7. The van der Waals surface area contributed by atoms with Crippen LogP contribution in [-0.4, -0.2) is 20.2 Å². The van der Waals surface area contributed by atoms with E-state index in [2.05, 4.69) is 6.58 Å². The predicted molar refractivity (Wildman–Crippen MR) is 64.7 cm³/mol. The fourth-order valence-corrected chi connectivity index (χ4v) is 2.17. The third kappa shape index (κ3) is 3.70. The highest BCUT2D eigenvalue weighted by atomic mass is 32.2. The summed E-state index contributed by atoms with van der Waals surface area (Å²) in [6, 6.07) is 7.38. The van der Waals surface area contributed by atoms with Crippen LogP contribution in [0.2, 0.25) is 0 Å². The number of nitrogens with two attached hydrogens (primary N) is 1. The van der Waals surface area contributed by atoms with Crippen LogP contribution >= 0.6 is 0 Å². The highest BCUT2D eigenvalue weighted by molar-refractivity contribution is 7.90. The fraction of sp³-hybridized carbons (Fsp3) is 0.0909. The summed E-state index contributed by atoms with van der Waals surface area (Å²) in [6.07, 6.45) is -0.393. The standard InChI is InChI=1S/C11H12N2O4S/c1-8(7-10(12)14)11(15)13-18(16,17)9-5-3-2-4-6-9/h2-6H,1,7H2,(H2,12,14)(H,13,15). The van der Waals surface area contributed by atoms with Crippen molar-refractivity contribution in [3.05, 3.63) is 42.5 Å². The minimum atomic E-state index is -3.95. The van der Waals surface area contributed by atoms with Gasteiger partial charge in [-0.2, -0.15) is 0 Å². The average molecular weight is 268 g/mol. The molecule has 18 heavy (non-hydrogen) atoms. The number of hydrogen-bond donors (Lipinski definition) is 2. The van der Waals surface area contributed by atoms with Gasteiger partial charge in [0.05, 0.1) is 11.3 Å². The Morgan fingerprint density at radius 3 is 2.28 bits per heavy atom. The van der Waals surface area contributed by atoms with Gasteiger partial charge >= 0.3 is 0 Å². The number of benzene rings is 1. The highest BCUT2D eigenvalue weighted by Crippen LogP contribution is 2.08. The molecule has 0 radical (unpaired) electrons. The van der Waals surface area contributed by atoms with Gasteiger partial charge in [0, 0.05) is 5.57 Å². The molecule has 0 spiro atoms. The lowest BCUT2D eigenvalue weighted by Crippen LogP contribution is -2.32. The van der Waals surface area contributed by atoms with Gasteiger partial charge in [0.15, 0.2) is 0 Å². The molecule has 0 unspecified atom stereocenters. The molecule has 0 saturated heterocycles. The topological polar surface area (TPSA) is 106 Å². The van der Waals surface area contributed by atoms with Crippen molar-refractivity contribution in [1.29, 1.82) is 0 Å². The molecule has 0 aliphatic heterocycles. The van der Waals surface area contributed by atoms with E-state index in [1.807, 2.05) is 0 Å². The number of carbonyl (C=O) groups excluding carboxylic acids is 2. The van der Waals surface area contributed by atoms with Crippen LogP contribution in [0.1, 0.15) is 6.42 Å². The van der Waals surface area contributed by atoms with Gasteiger partial charge in [0.1, 0.15) is 0 Å². The molecule has 96 valence electrons. The molecule has 6 nitrogen and oxygen atoms in total. The first-order valence-electron chi connectivity index (χ1n) is 4.91. The van der Waals surface area contributed by atoms with E-state index in [-0.39, 0.29) is 10.5 Å². The molecule has 0 aliphatic rings. The maximum Gasteiger partial charge on any atom is 0.264 e. The van der Waals surface area contributed by atoms with Crippen molar-refractivity contribution in [1.82, 2.24) is 4.72 Å². The summed E-state index contributed by atoms with van der Waals surface area (Å²) in [4.78, 5) is 22.0. The molecule has 2 amide bonds. The van der Waals surface area contributed by atoms with E-state index in [1.165, 1.54) is 24.3 Å². The van der Waals surface area contributed by atoms with Gasteiger partial charge in [0.2, 0.25) is 5.91 Å². The molecule has 0 atom stereocenters. The quantitative estimate of drug-likeness (QED) is 0.728. The van der Waals surface area contributed by atoms with Crippen LogP contribution in [0.25, 0.3) is 0 Å². The molecule has 0 aromatic heterocycles. The number of carbonyl (C=O) groups is 2. The Morgan fingerprint density at radius 2 is 1.78 bits per heavy atom. The van der Waals surface area contributed by atoms with E-state index in [4.69, 9.17) is 5.73 Å². The van der Waals surface area contributed by atoms with Crippen LogP contribution in [0.4, 0.5) is 0 Å². The molecule has 1 aromatic carbocycles. The maximum atomic E-state index is 11.7. The van der Waals surface area contributed by atoms with Crippen LogP contribution in [0.5, 0.6) is 0 Å². The Balaban J connectivity index is 2.82. The molecular formula is C11H12N2O4S. The van der Waals surface area contributed by atoms with Crippen LogP contribution in [0, 0.1) is 0 Å². The Morgan fingerprint density at radius 1 is 1.22 bits per heavy atom. The van der Waals surface area contributed by atoms with Gasteiger partial charge < -0.3 is 5.73 Å². The number of rotatable bonds is 5. The second-order valence-electron chi connectivity index (χ2n) is 3.49. The number of nitrogens with one attached hydrogen (secondary N) is 1. The van der Waals surface area contributed by atoms with Gasteiger partial charge in [0.25, 0.3) is 15.9 Å². The lowest BCUT2D eigenvalue weighted by Gasteiger charge is -2.07. The second-order valence-corrected chi connectivity index (χ2v) is 5.18. The Kier molecular flexibility index (Phi) is 4.22. The summed E-state index contributed by atoms with van der Waals surface area (Å²) in [5, 5.41) is 0. The predicted octanol–water partition coefficient (Wildman–Crippen LogP) is -0.0769. The molecule has 7 heteroatoms. The van der Waals surface area contributed by atoms with E-state index in [1.54, 1.807) is 10.8 Å².